The summed E-state index contributed by atoms with van der Waals surface area (Å²) < 4.78 is 0. The van der Waals surface area contributed by atoms with Gasteiger partial charge in [0.25, 0.3) is 0 Å². The van der Waals surface area contributed by atoms with Gasteiger partial charge >= 0.3 is 0 Å². The minimum atomic E-state index is -0.432. The van der Waals surface area contributed by atoms with Crippen molar-refractivity contribution in [3.63, 3.8) is 0 Å². The molecule has 0 saturated carbocycles. The molecule has 0 aromatic carbocycles. The zero-order chi connectivity index (χ0) is 20.8. The Morgan fingerprint density at radius 3 is 2.15 bits per heavy atom. The van der Waals surface area contributed by atoms with Gasteiger partial charge in [0.2, 0.25) is 0 Å². The summed E-state index contributed by atoms with van der Waals surface area (Å²) in [4.78, 5) is 13.1. The van der Waals surface area contributed by atoms with Gasteiger partial charge in [-0.05, 0) is 42.6 Å². The third-order valence-corrected chi connectivity index (χ3v) is 7.21. The van der Waals surface area contributed by atoms with Crippen LogP contribution in [0.4, 0.5) is 0 Å². The highest BCUT2D eigenvalue weighted by Crippen LogP contribution is 2.35. The van der Waals surface area contributed by atoms with Crippen molar-refractivity contribution < 1.29 is 4.79 Å². The highest BCUT2D eigenvalue weighted by atomic mass is 32.2. The number of hydrogen-bond donors (Lipinski definition) is 0. The lowest BCUT2D eigenvalue weighted by molar-refractivity contribution is -0.131. The maximum absolute atomic E-state index is 13.1. The summed E-state index contributed by atoms with van der Waals surface area (Å²) in [6, 6.07) is 2.33. The molecule has 0 N–H and O–H groups in total. The standard InChI is InChI=1S/C24H45NOS/c1-7-10-12-13-16-23(4,5)20-27-18-14-21(19-25)22(26)24(6,15-9-3)17-11-8-2/h21H,7-18,20H2,1-6H3. The molecule has 0 aromatic rings. The number of nitriles is 1. The van der Waals surface area contributed by atoms with E-state index in [4.69, 9.17) is 0 Å². The van der Waals surface area contributed by atoms with E-state index < -0.39 is 5.92 Å². The van der Waals surface area contributed by atoms with E-state index in [0.717, 1.165) is 43.6 Å². The number of carbonyl (C=O) groups is 1. The van der Waals surface area contributed by atoms with Crippen molar-refractivity contribution >= 4 is 17.5 Å². The Bertz CT molecular complexity index is 440. The topological polar surface area (TPSA) is 40.9 Å². The summed E-state index contributed by atoms with van der Waals surface area (Å²) in [5, 5.41) is 9.60. The molecule has 2 atom stereocenters. The van der Waals surface area contributed by atoms with Crippen LogP contribution in [0.25, 0.3) is 0 Å². The van der Waals surface area contributed by atoms with Crippen molar-refractivity contribution in [3.05, 3.63) is 0 Å². The van der Waals surface area contributed by atoms with E-state index in [9.17, 15) is 10.1 Å². The van der Waals surface area contributed by atoms with E-state index in [2.05, 4.69) is 47.6 Å². The van der Waals surface area contributed by atoms with Gasteiger partial charge in [0, 0.05) is 5.41 Å². The second-order valence-corrected chi connectivity index (χ2v) is 10.4. The Balaban J connectivity index is 4.46. The average Bonchev–Trinajstić information content (AvgIpc) is 2.63. The highest BCUT2D eigenvalue weighted by Gasteiger charge is 2.36. The Kier molecular flexibility index (Phi) is 14.2. The minimum absolute atomic E-state index is 0.194. The van der Waals surface area contributed by atoms with E-state index >= 15 is 0 Å². The molecule has 0 aromatic heterocycles. The summed E-state index contributed by atoms with van der Waals surface area (Å²) in [6.07, 6.45) is 12.3. The number of unbranched alkanes of at least 4 members (excludes halogenated alkanes) is 4. The van der Waals surface area contributed by atoms with Gasteiger partial charge in [-0.15, -0.1) is 0 Å². The Hall–Kier alpha value is -0.490. The lowest BCUT2D eigenvalue weighted by Crippen LogP contribution is -2.33. The van der Waals surface area contributed by atoms with Crippen LogP contribution in [0.2, 0.25) is 0 Å². The van der Waals surface area contributed by atoms with Crippen LogP contribution in [0.5, 0.6) is 0 Å². The van der Waals surface area contributed by atoms with E-state index in [1.165, 1.54) is 32.1 Å². The second kappa shape index (κ2) is 14.5. The highest BCUT2D eigenvalue weighted by molar-refractivity contribution is 7.99. The average molecular weight is 396 g/mol. The second-order valence-electron chi connectivity index (χ2n) is 9.28. The third-order valence-electron chi connectivity index (χ3n) is 5.70. The molecule has 2 unspecified atom stereocenters. The molecule has 27 heavy (non-hydrogen) atoms. The number of carbonyl (C=O) groups excluding carboxylic acids is 1. The summed E-state index contributed by atoms with van der Waals surface area (Å²) in [6.45, 7) is 13.3. The molecule has 0 radical (unpaired) electrons. The van der Waals surface area contributed by atoms with Crippen LogP contribution in [0, 0.1) is 28.1 Å². The fourth-order valence-electron chi connectivity index (χ4n) is 3.82. The molecule has 0 fully saturated rings. The fraction of sp³-hybridized carbons (Fsp3) is 0.917. The number of nitrogens with zero attached hydrogens (tertiary/aromatic N) is 1. The molecular weight excluding hydrogens is 350 g/mol. The Labute approximate surface area is 174 Å². The van der Waals surface area contributed by atoms with Crippen molar-refractivity contribution in [1.29, 1.82) is 5.26 Å². The first-order chi connectivity index (χ1) is 12.8. The van der Waals surface area contributed by atoms with Crippen LogP contribution in [0.15, 0.2) is 0 Å². The van der Waals surface area contributed by atoms with Gasteiger partial charge in [-0.2, -0.15) is 17.0 Å². The molecule has 0 rings (SSSR count). The Morgan fingerprint density at radius 2 is 1.59 bits per heavy atom. The van der Waals surface area contributed by atoms with Gasteiger partial charge in [0.1, 0.15) is 5.92 Å². The van der Waals surface area contributed by atoms with E-state index in [-0.39, 0.29) is 11.2 Å². The zero-order valence-corrected chi connectivity index (χ0v) is 19.8. The first kappa shape index (κ1) is 26.5. The largest absolute Gasteiger partial charge is 0.298 e. The van der Waals surface area contributed by atoms with Gasteiger partial charge in [0.05, 0.1) is 6.07 Å². The van der Waals surface area contributed by atoms with Crippen LogP contribution < -0.4 is 0 Å². The van der Waals surface area contributed by atoms with Crippen LogP contribution in [0.3, 0.4) is 0 Å². The molecule has 0 saturated heterocycles. The molecule has 0 bridgehead atoms. The van der Waals surface area contributed by atoms with Crippen molar-refractivity contribution in [2.75, 3.05) is 11.5 Å². The summed E-state index contributed by atoms with van der Waals surface area (Å²) in [5.41, 5.74) is 0.0385. The number of rotatable bonds is 17. The maximum atomic E-state index is 13.1. The van der Waals surface area contributed by atoms with Gasteiger partial charge in [0.15, 0.2) is 5.78 Å². The first-order valence-electron chi connectivity index (χ1n) is 11.3. The summed E-state index contributed by atoms with van der Waals surface area (Å²) >= 11 is 1.92. The number of Topliss-reactive ketones (excluding diaryl/α,β-unsaturated/α-hetero) is 1. The zero-order valence-electron chi connectivity index (χ0n) is 19.0. The molecule has 0 aliphatic carbocycles. The minimum Gasteiger partial charge on any atom is -0.298 e. The molecule has 0 spiro atoms. The van der Waals surface area contributed by atoms with Gasteiger partial charge in [-0.25, -0.2) is 0 Å². The van der Waals surface area contributed by atoms with Crippen molar-refractivity contribution in [1.82, 2.24) is 0 Å². The molecule has 3 heteroatoms. The molecule has 2 nitrogen and oxygen atoms in total. The van der Waals surface area contributed by atoms with E-state index in [1.807, 2.05) is 11.8 Å². The lowest BCUT2D eigenvalue weighted by Gasteiger charge is -2.30. The number of hydrogen-bond acceptors (Lipinski definition) is 3. The van der Waals surface area contributed by atoms with E-state index in [0.29, 0.717) is 11.8 Å². The third kappa shape index (κ3) is 11.2. The molecular formula is C24H45NOS. The first-order valence-corrected chi connectivity index (χ1v) is 12.4. The molecule has 0 aliphatic rings. The number of ketones is 1. The summed E-state index contributed by atoms with van der Waals surface area (Å²) in [7, 11) is 0. The van der Waals surface area contributed by atoms with E-state index in [1.54, 1.807) is 0 Å². The predicted molar refractivity (Wildman–Crippen MR) is 121 cm³/mol. The van der Waals surface area contributed by atoms with Crippen LogP contribution >= 0.6 is 11.8 Å². The smallest absolute Gasteiger partial charge is 0.155 e. The van der Waals surface area contributed by atoms with Gasteiger partial charge < -0.3 is 0 Å². The normalized spacial score (nSPS) is 15.1. The quantitative estimate of drug-likeness (QED) is 0.236. The van der Waals surface area contributed by atoms with Gasteiger partial charge in [-0.3, -0.25) is 4.79 Å². The van der Waals surface area contributed by atoms with Crippen LogP contribution in [-0.4, -0.2) is 17.3 Å². The monoisotopic (exact) mass is 395 g/mol. The van der Waals surface area contributed by atoms with Crippen molar-refractivity contribution in [2.45, 2.75) is 112 Å². The van der Waals surface area contributed by atoms with Crippen molar-refractivity contribution in [2.24, 2.45) is 16.7 Å². The fourth-order valence-corrected chi connectivity index (χ4v) is 5.06. The molecule has 0 heterocycles. The van der Waals surface area contributed by atoms with Crippen LogP contribution in [-0.2, 0) is 4.79 Å². The van der Waals surface area contributed by atoms with Gasteiger partial charge in [-0.1, -0.05) is 86.5 Å². The number of thioether (sulfide) groups is 1. The van der Waals surface area contributed by atoms with Crippen molar-refractivity contribution in [3.8, 4) is 6.07 Å². The SMILES string of the molecule is CCCCCCC(C)(C)CSCCC(C#N)C(=O)C(C)(CCC)CCCC. The summed E-state index contributed by atoms with van der Waals surface area (Å²) in [5.74, 6) is 1.80. The molecule has 0 amide bonds. The Morgan fingerprint density at radius 1 is 0.926 bits per heavy atom. The molecule has 158 valence electrons. The predicted octanol–water partition coefficient (Wildman–Crippen LogP) is 7.81. The lowest BCUT2D eigenvalue weighted by atomic mass is 9.72. The van der Waals surface area contributed by atoms with Crippen LogP contribution in [0.1, 0.15) is 112 Å². The molecule has 0 aliphatic heterocycles. The maximum Gasteiger partial charge on any atom is 0.155 e.